The maximum absolute atomic E-state index is 15.1. The van der Waals surface area contributed by atoms with Crippen LogP contribution in [-0.4, -0.2) is 63.8 Å². The third kappa shape index (κ3) is 6.42. The van der Waals surface area contributed by atoms with E-state index < -0.39 is 41.6 Å². The van der Waals surface area contributed by atoms with Crippen molar-refractivity contribution in [3.05, 3.63) is 64.3 Å². The average molecular weight is 606 g/mol. The minimum Gasteiger partial charge on any atom is -0.481 e. The van der Waals surface area contributed by atoms with E-state index in [1.807, 2.05) is 0 Å². The number of likely N-dealkylation sites (tertiary alicyclic amines) is 1. The van der Waals surface area contributed by atoms with Gasteiger partial charge in [0.25, 0.3) is 5.91 Å². The highest BCUT2D eigenvalue weighted by molar-refractivity contribution is 6.34. The molecule has 2 fully saturated rings. The molecule has 5 rings (SSSR count). The summed E-state index contributed by atoms with van der Waals surface area (Å²) in [6.45, 7) is -0.0193. The fourth-order valence-corrected chi connectivity index (χ4v) is 6.10. The number of benzene rings is 2. The summed E-state index contributed by atoms with van der Waals surface area (Å²) in [6, 6.07) is 5.83. The summed E-state index contributed by atoms with van der Waals surface area (Å²) in [7, 11) is 1.71. The van der Waals surface area contributed by atoms with Gasteiger partial charge in [0.15, 0.2) is 0 Å². The summed E-state index contributed by atoms with van der Waals surface area (Å²) in [6.07, 6.45) is 2.07. The van der Waals surface area contributed by atoms with Crippen LogP contribution in [0.2, 0.25) is 5.02 Å². The topological polar surface area (TPSA) is 101 Å². The number of aryl methyl sites for hydroxylation is 1. The Kier molecular flexibility index (Phi) is 8.79. The monoisotopic (exact) mass is 605 g/mol. The van der Waals surface area contributed by atoms with Crippen LogP contribution in [0.15, 0.2) is 36.5 Å². The minimum atomic E-state index is -1.24. The maximum atomic E-state index is 15.1. The number of hydrogen-bond acceptors (Lipinski definition) is 4. The van der Waals surface area contributed by atoms with Crippen molar-refractivity contribution in [1.82, 2.24) is 9.47 Å². The molecule has 2 N–H and O–H groups in total. The van der Waals surface area contributed by atoms with Gasteiger partial charge in [-0.3, -0.25) is 14.4 Å². The number of halogens is 4. The van der Waals surface area contributed by atoms with Crippen LogP contribution in [-0.2, 0) is 27.8 Å². The van der Waals surface area contributed by atoms with Gasteiger partial charge in [-0.05, 0) is 61.6 Å². The molecule has 2 aromatic carbocycles. The van der Waals surface area contributed by atoms with Gasteiger partial charge in [0.2, 0.25) is 5.91 Å². The Labute approximate surface area is 245 Å². The number of aromatic nitrogens is 1. The number of carboxylic acids is 1. The summed E-state index contributed by atoms with van der Waals surface area (Å²) in [4.78, 5) is 38.6. The smallest absolute Gasteiger partial charge is 0.306 e. The number of ether oxygens (including phenoxy) is 1. The van der Waals surface area contributed by atoms with Crippen LogP contribution in [0.4, 0.5) is 18.9 Å². The highest BCUT2D eigenvalue weighted by Gasteiger charge is 2.37. The first-order valence-corrected chi connectivity index (χ1v) is 14.2. The molecule has 2 amide bonds. The van der Waals surface area contributed by atoms with Crippen LogP contribution in [0.1, 0.15) is 48.0 Å². The molecule has 2 aliphatic rings. The number of carboxylic acid groups (broad SMARTS) is 1. The van der Waals surface area contributed by atoms with E-state index in [9.17, 15) is 23.2 Å². The first kappa shape index (κ1) is 29.9. The van der Waals surface area contributed by atoms with Crippen molar-refractivity contribution in [2.24, 2.45) is 13.0 Å². The van der Waals surface area contributed by atoms with Crippen molar-refractivity contribution >= 4 is 46.0 Å². The van der Waals surface area contributed by atoms with E-state index in [0.29, 0.717) is 36.6 Å². The van der Waals surface area contributed by atoms with E-state index in [-0.39, 0.29) is 59.9 Å². The van der Waals surface area contributed by atoms with Crippen LogP contribution in [0, 0.1) is 17.6 Å². The summed E-state index contributed by atoms with van der Waals surface area (Å²) in [5.41, 5.74) is 0.794. The predicted molar refractivity (Wildman–Crippen MR) is 150 cm³/mol. The third-order valence-corrected chi connectivity index (χ3v) is 8.47. The van der Waals surface area contributed by atoms with E-state index in [2.05, 4.69) is 5.32 Å². The zero-order valence-electron chi connectivity index (χ0n) is 22.9. The molecule has 0 unspecified atom stereocenters. The number of rotatable bonds is 8. The maximum Gasteiger partial charge on any atom is 0.306 e. The Morgan fingerprint density at radius 1 is 1.12 bits per heavy atom. The van der Waals surface area contributed by atoms with E-state index in [4.69, 9.17) is 21.4 Å². The molecule has 3 aromatic rings. The van der Waals surface area contributed by atoms with E-state index >= 15 is 4.39 Å². The summed E-state index contributed by atoms with van der Waals surface area (Å²) >= 11 is 6.35. The first-order valence-electron chi connectivity index (χ1n) is 13.8. The lowest BCUT2D eigenvalue weighted by atomic mass is 9.87. The van der Waals surface area contributed by atoms with Crippen LogP contribution < -0.4 is 5.32 Å². The van der Waals surface area contributed by atoms with E-state index in [1.165, 1.54) is 29.3 Å². The number of nitrogens with one attached hydrogen (secondary N) is 1. The second-order valence-electron chi connectivity index (χ2n) is 11.0. The molecule has 1 aliphatic carbocycles. The predicted octanol–water partition coefficient (Wildman–Crippen LogP) is 5.50. The molecule has 2 atom stereocenters. The van der Waals surface area contributed by atoms with Gasteiger partial charge in [-0.15, -0.1) is 0 Å². The van der Waals surface area contributed by atoms with Crippen molar-refractivity contribution in [2.75, 3.05) is 18.5 Å². The van der Waals surface area contributed by atoms with Gasteiger partial charge in [-0.1, -0.05) is 11.6 Å². The second-order valence-corrected chi connectivity index (χ2v) is 11.5. The molecule has 1 saturated carbocycles. The highest BCUT2D eigenvalue weighted by Crippen LogP contribution is 2.31. The van der Waals surface area contributed by atoms with Gasteiger partial charge in [0, 0.05) is 30.6 Å². The number of nitrogens with zero attached hydrogens (tertiary/aromatic N) is 2. The number of amides is 2. The van der Waals surface area contributed by atoms with E-state index in [0.717, 1.165) is 6.07 Å². The summed E-state index contributed by atoms with van der Waals surface area (Å²) in [5, 5.41) is 12.1. The van der Waals surface area contributed by atoms with Gasteiger partial charge >= 0.3 is 5.97 Å². The number of anilines is 1. The quantitative estimate of drug-likeness (QED) is 0.353. The first-order chi connectivity index (χ1) is 20.0. The van der Waals surface area contributed by atoms with Crippen molar-refractivity contribution in [1.29, 1.82) is 0 Å². The molecule has 1 aromatic heterocycles. The average Bonchev–Trinajstić information content (AvgIpc) is 3.49. The second kappa shape index (κ2) is 12.3. The van der Waals surface area contributed by atoms with Crippen molar-refractivity contribution < 1.29 is 37.4 Å². The van der Waals surface area contributed by atoms with Crippen molar-refractivity contribution in [2.45, 2.75) is 56.8 Å². The largest absolute Gasteiger partial charge is 0.481 e. The van der Waals surface area contributed by atoms with Crippen LogP contribution >= 0.6 is 11.6 Å². The van der Waals surface area contributed by atoms with Crippen LogP contribution in [0.25, 0.3) is 10.9 Å². The number of fused-ring (bicyclic) bond motifs is 1. The van der Waals surface area contributed by atoms with Crippen molar-refractivity contribution in [3.8, 4) is 0 Å². The number of alkyl halides is 1. The Balaban J connectivity index is 1.22. The molecule has 1 saturated heterocycles. The molecule has 12 heteroatoms. The number of carbonyl (C=O) groups is 3. The molecule has 8 nitrogen and oxygen atoms in total. The Bertz CT molecular complexity index is 1520. The van der Waals surface area contributed by atoms with Gasteiger partial charge in [0.1, 0.15) is 17.8 Å². The highest BCUT2D eigenvalue weighted by atomic mass is 35.5. The summed E-state index contributed by atoms with van der Waals surface area (Å²) in [5.74, 6) is -3.57. The molecule has 0 bridgehead atoms. The molecule has 2 heterocycles. The van der Waals surface area contributed by atoms with Crippen molar-refractivity contribution in [3.63, 3.8) is 0 Å². The van der Waals surface area contributed by atoms with Gasteiger partial charge in [0.05, 0.1) is 53.9 Å². The molecule has 0 radical (unpaired) electrons. The summed E-state index contributed by atoms with van der Waals surface area (Å²) < 4.78 is 50.9. The van der Waals surface area contributed by atoms with Crippen LogP contribution in [0.5, 0.6) is 0 Å². The number of carbonyl (C=O) groups excluding carboxylic acids is 2. The lowest BCUT2D eigenvalue weighted by Gasteiger charge is -2.30. The molecular formula is C30H31ClF3N3O5. The minimum absolute atomic E-state index is 0.000559. The SMILES string of the molecule is Cn1cc(C(=O)Nc2cc(F)c(CC(=O)N3C[C@@H](F)C[C@H]3CO[C@H]3CC[C@H](C(=O)O)CC3)cc2Cl)c2cc(F)ccc21. The third-order valence-electron chi connectivity index (χ3n) is 8.15. The normalized spacial score (nSPS) is 22.5. The fraction of sp³-hybridized carbons (Fsp3) is 0.433. The zero-order chi connectivity index (χ0) is 30.1. The van der Waals surface area contributed by atoms with E-state index in [1.54, 1.807) is 17.7 Å². The Hall–Kier alpha value is -3.57. The Morgan fingerprint density at radius 2 is 1.86 bits per heavy atom. The molecule has 42 heavy (non-hydrogen) atoms. The lowest BCUT2D eigenvalue weighted by Crippen LogP contribution is -2.40. The van der Waals surface area contributed by atoms with Crippen LogP contribution in [0.3, 0.4) is 0 Å². The molecule has 224 valence electrons. The standard InChI is InChI=1S/C30H31ClF3N3O5/c1-36-14-23(22-11-18(32)4-7-27(22)36)29(39)35-26-12-25(34)17(8-24(26)31)9-28(38)37-13-19(33)10-20(37)15-42-21-5-2-16(3-6-21)30(40)41/h4,7-8,11-12,14,16,19-21H,2-3,5-6,9-10,13,15H2,1H3,(H,35,39)(H,40,41)/t16-,19-,20-,21-/m0/s1. The van der Waals surface area contributed by atoms with Gasteiger partial charge in [-0.2, -0.15) is 0 Å². The number of aliphatic carboxylic acids is 1. The van der Waals surface area contributed by atoms with Gasteiger partial charge in [-0.25, -0.2) is 13.2 Å². The zero-order valence-corrected chi connectivity index (χ0v) is 23.7. The molecule has 1 aliphatic heterocycles. The van der Waals surface area contributed by atoms with Gasteiger partial charge < -0.3 is 24.6 Å². The fourth-order valence-electron chi connectivity index (χ4n) is 5.87. The molecular weight excluding hydrogens is 575 g/mol. The number of hydrogen-bond donors (Lipinski definition) is 2. The lowest BCUT2D eigenvalue weighted by molar-refractivity contribution is -0.144. The molecule has 0 spiro atoms. The Morgan fingerprint density at radius 3 is 2.57 bits per heavy atom.